The van der Waals surface area contributed by atoms with E-state index < -0.39 is 0 Å². The van der Waals surface area contributed by atoms with Crippen molar-refractivity contribution in [3.05, 3.63) is 131 Å². The monoisotopic (exact) mass is 822 g/mol. The van der Waals surface area contributed by atoms with E-state index in [4.69, 9.17) is 0 Å². The van der Waals surface area contributed by atoms with Gasteiger partial charge in [0, 0.05) is 0 Å². The van der Waals surface area contributed by atoms with E-state index in [1.807, 2.05) is 0 Å². The fourth-order valence-corrected chi connectivity index (χ4v) is 7.43. The van der Waals surface area contributed by atoms with Gasteiger partial charge < -0.3 is 24.8 Å². The maximum absolute atomic E-state index is 2.48. The Morgan fingerprint density at radius 2 is 1.08 bits per heavy atom. The Balaban J connectivity index is 0.000000252. The van der Waals surface area contributed by atoms with Gasteiger partial charge in [0.2, 0.25) is 0 Å². The van der Waals surface area contributed by atoms with Crippen LogP contribution in [0.2, 0.25) is 13.1 Å². The van der Waals surface area contributed by atoms with Gasteiger partial charge >= 0.3 is 41.9 Å². The second kappa shape index (κ2) is 21.0. The summed E-state index contributed by atoms with van der Waals surface area (Å²) in [4.78, 5) is 0. The fourth-order valence-electron chi connectivity index (χ4n) is 7.43. The van der Waals surface area contributed by atoms with E-state index in [0.29, 0.717) is 11.8 Å². The van der Waals surface area contributed by atoms with Gasteiger partial charge in [-0.05, 0) is 71.6 Å². The van der Waals surface area contributed by atoms with E-state index >= 15 is 0 Å². The number of fused-ring (bicyclic) bond motifs is 2. The van der Waals surface area contributed by atoms with Gasteiger partial charge in [-0.15, -0.1) is 69.1 Å². The van der Waals surface area contributed by atoms with Crippen LogP contribution in [-0.4, -0.2) is 5.43 Å². The summed E-state index contributed by atoms with van der Waals surface area (Å²) in [5.74, 6) is 2.95. The molecule has 0 radical (unpaired) electrons. The molecule has 274 valence electrons. The van der Waals surface area contributed by atoms with Gasteiger partial charge in [-0.2, -0.15) is 12.1 Å². The van der Waals surface area contributed by atoms with Crippen molar-refractivity contribution in [3.8, 4) is 22.3 Å². The molecule has 0 amide bonds. The molecular formula is C48H58Cl2SiZr-2. The minimum Gasteiger partial charge on any atom is -1.00 e. The van der Waals surface area contributed by atoms with Crippen molar-refractivity contribution in [1.82, 2.24) is 0 Å². The van der Waals surface area contributed by atoms with Crippen LogP contribution in [0.15, 0.2) is 109 Å². The van der Waals surface area contributed by atoms with Gasteiger partial charge in [-0.3, -0.25) is 0 Å². The second-order valence-corrected chi connectivity index (χ2v) is 24.6. The molecule has 1 aliphatic carbocycles. The van der Waals surface area contributed by atoms with E-state index in [1.54, 1.807) is 28.9 Å². The van der Waals surface area contributed by atoms with Gasteiger partial charge in [0.25, 0.3) is 0 Å². The van der Waals surface area contributed by atoms with E-state index in [9.17, 15) is 0 Å². The molecule has 7 rings (SSSR count). The molecule has 0 spiro atoms. The summed E-state index contributed by atoms with van der Waals surface area (Å²) in [6.07, 6.45) is 7.87. The first-order valence-electron chi connectivity index (χ1n) is 19.2. The SMILES string of the molecule is CCC(C)c1ccc(-c2cccc3[cH-]c(C)cc23)cc1.CCC(C)c1ccc(-c2cccc3[cH-]c(C4CCC(C)CC4)cc23)cc1.C[Si](C)=[Zr+2].[Cl-].[Cl-]. The molecule has 2 atom stereocenters. The van der Waals surface area contributed by atoms with Crippen molar-refractivity contribution in [3.63, 3.8) is 0 Å². The Labute approximate surface area is 343 Å². The quantitative estimate of drug-likeness (QED) is 0.112. The molecule has 4 heteroatoms. The normalized spacial score (nSPS) is 16.3. The van der Waals surface area contributed by atoms with Crippen LogP contribution in [-0.2, 0) is 23.3 Å². The Bertz CT molecular complexity index is 1970. The summed E-state index contributed by atoms with van der Waals surface area (Å²) < 4.78 is 0. The van der Waals surface area contributed by atoms with Crippen molar-refractivity contribution < 1.29 is 48.1 Å². The Hall–Kier alpha value is -2.22. The van der Waals surface area contributed by atoms with E-state index in [2.05, 4.69) is 164 Å². The van der Waals surface area contributed by atoms with Crippen LogP contribution in [0.3, 0.4) is 0 Å². The summed E-state index contributed by atoms with van der Waals surface area (Å²) >= 11 is 1.74. The van der Waals surface area contributed by atoms with E-state index in [0.717, 1.165) is 11.8 Å². The molecule has 0 aromatic heterocycles. The minimum atomic E-state index is 0. The van der Waals surface area contributed by atoms with E-state index in [1.165, 1.54) is 99.0 Å². The summed E-state index contributed by atoms with van der Waals surface area (Å²) in [5, 5.41) is 5.53. The van der Waals surface area contributed by atoms with Crippen LogP contribution in [0.4, 0.5) is 0 Å². The van der Waals surface area contributed by atoms with Gasteiger partial charge in [-0.1, -0.05) is 126 Å². The molecule has 2 unspecified atom stereocenters. The third kappa shape index (κ3) is 11.4. The third-order valence-corrected chi connectivity index (χ3v) is 11.0. The van der Waals surface area contributed by atoms with Crippen LogP contribution in [0.5, 0.6) is 0 Å². The molecule has 1 aliphatic rings. The predicted molar refractivity (Wildman–Crippen MR) is 220 cm³/mol. The van der Waals surface area contributed by atoms with Crippen molar-refractivity contribution in [2.75, 3.05) is 0 Å². The van der Waals surface area contributed by atoms with Crippen LogP contribution in [0.1, 0.15) is 113 Å². The molecule has 0 bridgehead atoms. The van der Waals surface area contributed by atoms with Crippen LogP contribution in [0.25, 0.3) is 43.8 Å². The molecule has 0 saturated heterocycles. The van der Waals surface area contributed by atoms with Crippen molar-refractivity contribution in [2.45, 2.75) is 111 Å². The Morgan fingerprint density at radius 1 is 0.654 bits per heavy atom. The summed E-state index contributed by atoms with van der Waals surface area (Å²) in [5.41, 5.74) is 11.4. The molecule has 0 heterocycles. The first-order chi connectivity index (χ1) is 24.1. The average Bonchev–Trinajstić information content (AvgIpc) is 3.74. The zero-order chi connectivity index (χ0) is 35.8. The number of aryl methyl sites for hydroxylation is 1. The van der Waals surface area contributed by atoms with Gasteiger partial charge in [0.15, 0.2) is 0 Å². The molecule has 0 aliphatic heterocycles. The minimum absolute atomic E-state index is 0. The molecule has 0 N–H and O–H groups in total. The van der Waals surface area contributed by atoms with Gasteiger partial charge in [0.05, 0.1) is 0 Å². The van der Waals surface area contributed by atoms with Crippen LogP contribution >= 0.6 is 0 Å². The van der Waals surface area contributed by atoms with Crippen molar-refractivity contribution in [2.24, 2.45) is 5.92 Å². The molecular weight excluding hydrogens is 767 g/mol. The standard InChI is InChI=1S/C26H31.C20H21.C2H6Si.2ClH.Zr/c1-4-19(3)20-12-14-22(15-13-20)25-7-5-6-23-16-24(17-26(23)25)21-10-8-18(2)9-11-21;1-4-15(3)16-8-10-17(11-9-16)19-7-5-6-18-12-14(2)13-20(18)19;1-3-2;;;/h5-7,12-19,21H,4,8-11H2,1-3H3;5-13,15H,4H2,1-3H3;1-2H3;2*1H;/q2*-1;;;;+2/p-2. The molecule has 52 heavy (non-hydrogen) atoms. The maximum atomic E-state index is 2.48. The molecule has 6 aromatic rings. The van der Waals surface area contributed by atoms with Crippen LogP contribution in [0, 0.1) is 12.8 Å². The van der Waals surface area contributed by atoms with Gasteiger partial charge in [0.1, 0.15) is 0 Å². The number of halogens is 2. The summed E-state index contributed by atoms with van der Waals surface area (Å²) in [6.45, 7) is 18.3. The first-order valence-corrected chi connectivity index (χ1v) is 25.3. The third-order valence-electron chi connectivity index (χ3n) is 11.0. The molecule has 0 nitrogen and oxygen atoms in total. The zero-order valence-electron chi connectivity index (χ0n) is 32.7. The van der Waals surface area contributed by atoms with Crippen molar-refractivity contribution in [1.29, 1.82) is 0 Å². The average molecular weight is 825 g/mol. The Kier molecular flexibility index (Phi) is 17.9. The number of rotatable bonds is 7. The number of hydrogen-bond donors (Lipinski definition) is 0. The molecule has 1 saturated carbocycles. The fraction of sp³-hybridized carbons (Fsp3) is 0.375. The number of benzene rings is 4. The predicted octanol–water partition coefficient (Wildman–Crippen LogP) is 8.87. The Morgan fingerprint density at radius 3 is 1.52 bits per heavy atom. The van der Waals surface area contributed by atoms with Crippen LogP contribution < -0.4 is 24.8 Å². The van der Waals surface area contributed by atoms with Crippen molar-refractivity contribution >= 4 is 27.0 Å². The van der Waals surface area contributed by atoms with Gasteiger partial charge in [-0.25, -0.2) is 0 Å². The smallest absolute Gasteiger partial charge is 1.00 e. The maximum Gasteiger partial charge on any atom is -1.00 e. The summed E-state index contributed by atoms with van der Waals surface area (Å²) in [6, 6.07) is 41.1. The topological polar surface area (TPSA) is 0 Å². The first kappa shape index (κ1) is 44.2. The summed E-state index contributed by atoms with van der Waals surface area (Å²) in [7, 11) is 0. The molecule has 6 aromatic carbocycles. The second-order valence-electron chi connectivity index (χ2n) is 15.3. The van der Waals surface area contributed by atoms with E-state index in [-0.39, 0.29) is 30.2 Å². The molecule has 1 fully saturated rings. The zero-order valence-corrected chi connectivity index (χ0v) is 37.7. The largest absolute Gasteiger partial charge is 1.00 e. The number of hydrogen-bond acceptors (Lipinski definition) is 0.